The Morgan fingerprint density at radius 2 is 2.15 bits per heavy atom. The minimum absolute atomic E-state index is 0.00192. The predicted molar refractivity (Wildman–Crippen MR) is 85.9 cm³/mol. The van der Waals surface area contributed by atoms with E-state index in [-0.39, 0.29) is 19.2 Å². The van der Waals surface area contributed by atoms with E-state index in [4.69, 9.17) is 19.4 Å². The van der Waals surface area contributed by atoms with Gasteiger partial charge in [-0.1, -0.05) is 0 Å². The molecule has 4 atom stereocenters. The van der Waals surface area contributed by atoms with Crippen LogP contribution < -0.4 is 10.2 Å². The number of anilines is 1. The van der Waals surface area contributed by atoms with Gasteiger partial charge in [-0.2, -0.15) is 0 Å². The summed E-state index contributed by atoms with van der Waals surface area (Å²) in [6, 6.07) is 0. The number of aromatic nitrogens is 4. The van der Waals surface area contributed by atoms with Crippen molar-refractivity contribution in [3.8, 4) is 0 Å². The van der Waals surface area contributed by atoms with Crippen LogP contribution in [0, 0.1) is 0 Å². The Balaban J connectivity index is 1.66. The van der Waals surface area contributed by atoms with E-state index in [1.807, 2.05) is 0 Å². The van der Waals surface area contributed by atoms with Crippen LogP contribution in [0.1, 0.15) is 6.92 Å². The van der Waals surface area contributed by atoms with Crippen LogP contribution in [0.5, 0.6) is 0 Å². The number of esters is 1. The lowest BCUT2D eigenvalue weighted by Crippen LogP contribution is -2.38. The fourth-order valence-electron chi connectivity index (χ4n) is 2.37. The molecular formula is C14H19N5O8. The van der Waals surface area contributed by atoms with Gasteiger partial charge in [-0.05, 0) is 0 Å². The molecule has 0 aromatic carbocycles. The Bertz CT molecular complexity index is 786. The van der Waals surface area contributed by atoms with Crippen LogP contribution in [-0.2, 0) is 19.0 Å². The van der Waals surface area contributed by atoms with Gasteiger partial charge in [0, 0.05) is 6.92 Å². The smallest absolute Gasteiger partial charge is 0.304 e. The molecule has 13 nitrogen and oxygen atoms in total. The van der Waals surface area contributed by atoms with E-state index in [0.717, 1.165) is 4.73 Å². The molecule has 1 aliphatic heterocycles. The molecule has 0 aliphatic carbocycles. The monoisotopic (exact) mass is 385 g/mol. The number of aliphatic hydroxyl groups excluding tert-OH is 3. The van der Waals surface area contributed by atoms with Gasteiger partial charge in [-0.15, -0.1) is 4.73 Å². The Hall–Kier alpha value is -2.58. The van der Waals surface area contributed by atoms with Gasteiger partial charge in [-0.3, -0.25) is 4.79 Å². The van der Waals surface area contributed by atoms with Crippen LogP contribution in [-0.4, -0.2) is 85.7 Å². The number of hydrogen-bond donors (Lipinski definition) is 4. The number of hydrogen-bond acceptors (Lipinski definition) is 12. The molecule has 2 aromatic rings. The van der Waals surface area contributed by atoms with E-state index in [1.54, 1.807) is 0 Å². The summed E-state index contributed by atoms with van der Waals surface area (Å²) in [5.41, 5.74) is 0.616. The lowest BCUT2D eigenvalue weighted by atomic mass is 10.1. The molecule has 0 amide bonds. The molecular weight excluding hydrogens is 366 g/mol. The van der Waals surface area contributed by atoms with E-state index >= 15 is 0 Å². The SMILES string of the molecule is CC(=O)OCOCNc1ncnc2c1ncn2O[C@@H]1O[C@H](CO)[C@@H](O)[C@@H]1O. The molecule has 3 rings (SSSR count). The maximum Gasteiger partial charge on any atom is 0.304 e. The van der Waals surface area contributed by atoms with Crippen molar-refractivity contribution in [2.45, 2.75) is 31.5 Å². The molecule has 148 valence electrons. The molecule has 27 heavy (non-hydrogen) atoms. The van der Waals surface area contributed by atoms with Crippen molar-refractivity contribution in [3.63, 3.8) is 0 Å². The number of rotatable bonds is 8. The van der Waals surface area contributed by atoms with Crippen molar-refractivity contribution < 1.29 is 39.2 Å². The summed E-state index contributed by atoms with van der Waals surface area (Å²) in [6.07, 6.45) is -2.26. The maximum absolute atomic E-state index is 10.7. The average molecular weight is 385 g/mol. The second kappa shape index (κ2) is 8.41. The van der Waals surface area contributed by atoms with E-state index in [1.165, 1.54) is 19.6 Å². The first-order valence-electron chi connectivity index (χ1n) is 7.94. The largest absolute Gasteiger partial charge is 0.439 e. The summed E-state index contributed by atoms with van der Waals surface area (Å²) in [5, 5.41) is 31.7. The van der Waals surface area contributed by atoms with Crippen LogP contribution in [0.2, 0.25) is 0 Å². The Morgan fingerprint density at radius 3 is 2.85 bits per heavy atom. The number of nitrogens with zero attached hydrogens (tertiary/aromatic N) is 4. The summed E-state index contributed by atoms with van der Waals surface area (Å²) in [5.74, 6) is -0.119. The van der Waals surface area contributed by atoms with Gasteiger partial charge in [0.15, 0.2) is 18.1 Å². The molecule has 1 saturated heterocycles. The molecule has 2 aromatic heterocycles. The number of carbonyl (C=O) groups excluding carboxylic acids is 1. The lowest BCUT2D eigenvalue weighted by Gasteiger charge is -2.16. The first kappa shape index (κ1) is 19.2. The molecule has 4 N–H and O–H groups in total. The van der Waals surface area contributed by atoms with Gasteiger partial charge < -0.3 is 39.7 Å². The summed E-state index contributed by atoms with van der Waals surface area (Å²) >= 11 is 0. The van der Waals surface area contributed by atoms with E-state index in [0.29, 0.717) is 11.3 Å². The molecule has 13 heteroatoms. The first-order valence-corrected chi connectivity index (χ1v) is 7.94. The Morgan fingerprint density at radius 1 is 1.33 bits per heavy atom. The fourth-order valence-corrected chi connectivity index (χ4v) is 2.37. The van der Waals surface area contributed by atoms with Crippen molar-refractivity contribution in [1.29, 1.82) is 0 Å². The highest BCUT2D eigenvalue weighted by molar-refractivity contribution is 5.82. The zero-order valence-corrected chi connectivity index (χ0v) is 14.3. The van der Waals surface area contributed by atoms with Gasteiger partial charge >= 0.3 is 5.97 Å². The van der Waals surface area contributed by atoms with Crippen molar-refractivity contribution in [2.24, 2.45) is 0 Å². The first-order chi connectivity index (χ1) is 13.0. The Kier molecular flexibility index (Phi) is 5.98. The van der Waals surface area contributed by atoms with Gasteiger partial charge in [0.1, 0.15) is 37.7 Å². The lowest BCUT2D eigenvalue weighted by molar-refractivity contribution is -0.169. The second-order valence-electron chi connectivity index (χ2n) is 5.56. The number of aliphatic hydroxyl groups is 3. The van der Waals surface area contributed by atoms with Gasteiger partial charge in [0.25, 0.3) is 6.29 Å². The van der Waals surface area contributed by atoms with Crippen molar-refractivity contribution in [2.75, 3.05) is 25.4 Å². The summed E-state index contributed by atoms with van der Waals surface area (Å²) in [4.78, 5) is 28.4. The minimum atomic E-state index is -1.35. The standard InChI is InChI=1S/C14H19N5O8/c1-7(21)25-6-24-5-18-12-9-13(16-3-15-12)19(4-17-9)27-14-11(23)10(22)8(2-20)26-14/h3-4,8,10-11,14,20,22-23H,2,5-6H2,1H3,(H,15,16,18)/t8-,10-,11+,14+/m1/s1. The Labute approximate surface area is 152 Å². The summed E-state index contributed by atoms with van der Waals surface area (Å²) in [6.45, 7) is 0.595. The van der Waals surface area contributed by atoms with Crippen molar-refractivity contribution in [3.05, 3.63) is 12.7 Å². The molecule has 0 bridgehead atoms. The number of fused-ring (bicyclic) bond motifs is 1. The van der Waals surface area contributed by atoms with Crippen LogP contribution in [0.4, 0.5) is 5.82 Å². The average Bonchev–Trinajstić information content (AvgIpc) is 3.18. The third kappa shape index (κ3) is 4.23. The topological polar surface area (TPSA) is 170 Å². The predicted octanol–water partition coefficient (Wildman–Crippen LogP) is -2.40. The molecule has 1 fully saturated rings. The fraction of sp³-hybridized carbons (Fsp3) is 0.571. The van der Waals surface area contributed by atoms with Gasteiger partial charge in [0.2, 0.25) is 5.65 Å². The molecule has 1 aliphatic rings. The molecule has 0 spiro atoms. The molecule has 0 saturated carbocycles. The molecule has 0 radical (unpaired) electrons. The van der Waals surface area contributed by atoms with Gasteiger partial charge in [-0.25, -0.2) is 15.0 Å². The number of ether oxygens (including phenoxy) is 3. The normalized spacial score (nSPS) is 24.9. The number of carbonyl (C=O) groups is 1. The number of imidazole rings is 1. The van der Waals surface area contributed by atoms with Crippen LogP contribution in [0.15, 0.2) is 12.7 Å². The quantitative estimate of drug-likeness (QED) is 0.216. The van der Waals surface area contributed by atoms with E-state index in [9.17, 15) is 15.0 Å². The van der Waals surface area contributed by atoms with Crippen LogP contribution in [0.3, 0.4) is 0 Å². The third-order valence-electron chi connectivity index (χ3n) is 3.71. The van der Waals surface area contributed by atoms with Crippen LogP contribution in [0.25, 0.3) is 11.2 Å². The summed E-state index contributed by atoms with van der Waals surface area (Å²) < 4.78 is 16.1. The highest BCUT2D eigenvalue weighted by Crippen LogP contribution is 2.22. The maximum atomic E-state index is 10.7. The molecule has 3 heterocycles. The highest BCUT2D eigenvalue weighted by Gasteiger charge is 2.44. The highest BCUT2D eigenvalue weighted by atomic mass is 16.8. The second-order valence-corrected chi connectivity index (χ2v) is 5.56. The zero-order valence-electron chi connectivity index (χ0n) is 14.3. The summed E-state index contributed by atoms with van der Waals surface area (Å²) in [7, 11) is 0. The van der Waals surface area contributed by atoms with Crippen molar-refractivity contribution >= 4 is 23.0 Å². The minimum Gasteiger partial charge on any atom is -0.439 e. The third-order valence-corrected chi connectivity index (χ3v) is 3.71. The van der Waals surface area contributed by atoms with E-state index < -0.39 is 37.2 Å². The van der Waals surface area contributed by atoms with Crippen LogP contribution >= 0.6 is 0 Å². The van der Waals surface area contributed by atoms with Gasteiger partial charge in [0.05, 0.1) is 6.61 Å². The molecule has 0 unspecified atom stereocenters. The van der Waals surface area contributed by atoms with Crippen molar-refractivity contribution in [1.82, 2.24) is 19.7 Å². The van der Waals surface area contributed by atoms with E-state index in [2.05, 4.69) is 25.0 Å². The number of nitrogens with one attached hydrogen (secondary N) is 1. The zero-order chi connectivity index (χ0) is 19.4.